The summed E-state index contributed by atoms with van der Waals surface area (Å²) >= 11 is 0. The molecule has 4 heteroatoms. The van der Waals surface area contributed by atoms with Gasteiger partial charge in [0.1, 0.15) is 0 Å². The van der Waals surface area contributed by atoms with Gasteiger partial charge in [-0.15, -0.1) is 0 Å². The van der Waals surface area contributed by atoms with E-state index in [2.05, 4.69) is 5.11 Å². The third kappa shape index (κ3) is 2.09. The van der Waals surface area contributed by atoms with Gasteiger partial charge in [-0.3, -0.25) is 0 Å². The molecule has 0 radical (unpaired) electrons. The second-order valence-electron chi connectivity index (χ2n) is 3.19. The highest BCUT2D eigenvalue weighted by atomic mass is 16.5. The highest BCUT2D eigenvalue weighted by Gasteiger charge is 2.18. The number of hydrogen-bond acceptors (Lipinski definition) is 3. The highest BCUT2D eigenvalue weighted by Crippen LogP contribution is 2.16. The highest BCUT2D eigenvalue weighted by molar-refractivity contribution is 5.27. The van der Waals surface area contributed by atoms with Crippen LogP contribution in [0.25, 0.3) is 0 Å². The molecule has 1 aromatic carbocycles. The molecule has 1 unspecified atom stereocenters. The molecule has 1 fully saturated rings. The van der Waals surface area contributed by atoms with E-state index >= 15 is 0 Å². The Balaban J connectivity index is 2.10. The first-order valence-corrected chi connectivity index (χ1v) is 4.71. The smallest absolute Gasteiger partial charge is 0.244 e. The second-order valence-corrected chi connectivity index (χ2v) is 3.19. The first kappa shape index (κ1) is 9.15. The number of ether oxygens (including phenoxy) is 1. The Bertz CT molecular complexity index is 318. The molecule has 2 rings (SSSR count). The largest absolute Gasteiger partial charge is 0.594 e. The predicted octanol–water partition coefficient (Wildman–Crippen LogP) is 2.42. The maximum atomic E-state index is 11.5. The summed E-state index contributed by atoms with van der Waals surface area (Å²) in [6.07, 6.45) is 1.57. The lowest BCUT2D eigenvalue weighted by Gasteiger charge is -2.02. The van der Waals surface area contributed by atoms with Crippen molar-refractivity contribution in [2.75, 3.05) is 6.61 Å². The molecular weight excluding hydrogens is 180 g/mol. The van der Waals surface area contributed by atoms with Crippen molar-refractivity contribution in [2.45, 2.75) is 19.1 Å². The molecule has 0 bridgehead atoms. The molecule has 0 amide bonds. The Kier molecular flexibility index (Phi) is 2.74. The van der Waals surface area contributed by atoms with E-state index in [-0.39, 0.29) is 6.23 Å². The van der Waals surface area contributed by atoms with Gasteiger partial charge in [0.2, 0.25) is 11.9 Å². The molecule has 0 spiro atoms. The molecule has 0 aliphatic carbocycles. The summed E-state index contributed by atoms with van der Waals surface area (Å²) in [5, 5.41) is 15.4. The minimum Gasteiger partial charge on any atom is -0.594 e. The quantitative estimate of drug-likeness (QED) is 0.410. The predicted molar refractivity (Wildman–Crippen MR) is 51.1 cm³/mol. The van der Waals surface area contributed by atoms with Gasteiger partial charge in [-0.2, -0.15) is 0 Å². The molecule has 1 saturated heterocycles. The van der Waals surface area contributed by atoms with Crippen LogP contribution in [0.3, 0.4) is 0 Å². The van der Waals surface area contributed by atoms with Crippen molar-refractivity contribution in [2.24, 2.45) is 5.11 Å². The van der Waals surface area contributed by atoms with Crippen LogP contribution in [0.2, 0.25) is 0 Å². The van der Waals surface area contributed by atoms with Crippen LogP contribution >= 0.6 is 0 Å². The Labute approximate surface area is 82.4 Å². The number of rotatable bonds is 2. The van der Waals surface area contributed by atoms with Gasteiger partial charge in [0.05, 0.1) is 0 Å². The van der Waals surface area contributed by atoms with Crippen LogP contribution in [0.5, 0.6) is 0 Å². The fourth-order valence-electron chi connectivity index (χ4n) is 1.39. The molecule has 1 heterocycles. The minimum absolute atomic E-state index is 0.257. The fourth-order valence-corrected chi connectivity index (χ4v) is 1.39. The maximum Gasteiger partial charge on any atom is 0.244 e. The third-order valence-electron chi connectivity index (χ3n) is 2.12. The van der Waals surface area contributed by atoms with E-state index in [0.717, 1.165) is 12.8 Å². The van der Waals surface area contributed by atoms with Gasteiger partial charge in [0, 0.05) is 30.3 Å². The molecule has 14 heavy (non-hydrogen) atoms. The number of para-hydroxylation sites is 1. The first-order valence-electron chi connectivity index (χ1n) is 4.71. The number of hydrogen-bond donors (Lipinski definition) is 0. The SMILES string of the molecule is [O-]/[N+](=N\C1CCCO1)c1ccccc1. The van der Waals surface area contributed by atoms with E-state index in [0.29, 0.717) is 17.2 Å². The topological polar surface area (TPSA) is 47.7 Å². The van der Waals surface area contributed by atoms with Gasteiger partial charge in [-0.1, -0.05) is 23.1 Å². The van der Waals surface area contributed by atoms with E-state index in [1.165, 1.54) is 0 Å². The fraction of sp³-hybridized carbons (Fsp3) is 0.400. The summed E-state index contributed by atoms with van der Waals surface area (Å²) < 4.78 is 5.24. The van der Waals surface area contributed by atoms with Gasteiger partial charge in [0.25, 0.3) is 0 Å². The van der Waals surface area contributed by atoms with E-state index in [9.17, 15) is 5.21 Å². The summed E-state index contributed by atoms with van der Waals surface area (Å²) in [4.78, 5) is 0.635. The van der Waals surface area contributed by atoms with E-state index in [1.807, 2.05) is 18.2 Å². The van der Waals surface area contributed by atoms with Crippen molar-refractivity contribution in [1.82, 2.24) is 0 Å². The van der Waals surface area contributed by atoms with Gasteiger partial charge >= 0.3 is 0 Å². The van der Waals surface area contributed by atoms with Crippen LogP contribution in [-0.2, 0) is 4.74 Å². The van der Waals surface area contributed by atoms with Crippen LogP contribution < -0.4 is 0 Å². The molecule has 0 saturated carbocycles. The summed E-state index contributed by atoms with van der Waals surface area (Å²) in [6.45, 7) is 0.705. The number of benzene rings is 1. The molecule has 1 aliphatic heterocycles. The Morgan fingerprint density at radius 1 is 1.36 bits per heavy atom. The Hall–Kier alpha value is -1.42. The minimum atomic E-state index is -0.257. The van der Waals surface area contributed by atoms with Gasteiger partial charge in [-0.05, 0) is 6.42 Å². The lowest BCUT2D eigenvalue weighted by molar-refractivity contribution is -0.451. The van der Waals surface area contributed by atoms with Crippen LogP contribution in [0.4, 0.5) is 5.69 Å². The maximum absolute atomic E-state index is 11.5. The Morgan fingerprint density at radius 2 is 2.14 bits per heavy atom. The van der Waals surface area contributed by atoms with Crippen molar-refractivity contribution in [1.29, 1.82) is 0 Å². The van der Waals surface area contributed by atoms with Crippen molar-refractivity contribution in [3.63, 3.8) is 0 Å². The molecule has 1 aliphatic rings. The van der Waals surface area contributed by atoms with E-state index < -0.39 is 0 Å². The van der Waals surface area contributed by atoms with Crippen LogP contribution in [0.1, 0.15) is 12.8 Å². The zero-order chi connectivity index (χ0) is 9.80. The van der Waals surface area contributed by atoms with Crippen molar-refractivity contribution < 1.29 is 9.60 Å². The lowest BCUT2D eigenvalue weighted by atomic mass is 10.3. The van der Waals surface area contributed by atoms with Gasteiger partial charge in [0.15, 0.2) is 0 Å². The van der Waals surface area contributed by atoms with Crippen molar-refractivity contribution in [3.8, 4) is 0 Å². The van der Waals surface area contributed by atoms with E-state index in [4.69, 9.17) is 4.74 Å². The molecule has 74 valence electrons. The summed E-state index contributed by atoms with van der Waals surface area (Å²) in [6, 6.07) is 8.94. The molecule has 4 nitrogen and oxygen atoms in total. The normalized spacial score (nSPS) is 22.6. The monoisotopic (exact) mass is 192 g/mol. The molecule has 0 N–H and O–H groups in total. The summed E-state index contributed by atoms with van der Waals surface area (Å²) in [5.74, 6) is 0. The second kappa shape index (κ2) is 4.19. The van der Waals surface area contributed by atoms with E-state index in [1.54, 1.807) is 12.1 Å². The lowest BCUT2D eigenvalue weighted by Crippen LogP contribution is -2.04. The standard InChI is InChI=1S/C10H12N2O2/c13-12(9-5-2-1-3-6-9)11-10-7-4-8-14-10/h1-3,5-6,10H,4,7-8H2/b12-11-. The average Bonchev–Trinajstić information content (AvgIpc) is 2.72. The van der Waals surface area contributed by atoms with Crippen LogP contribution in [0, 0.1) is 5.21 Å². The third-order valence-corrected chi connectivity index (χ3v) is 2.12. The number of nitrogens with zero attached hydrogens (tertiary/aromatic N) is 2. The Morgan fingerprint density at radius 3 is 2.79 bits per heavy atom. The molecule has 1 aromatic rings. The summed E-state index contributed by atoms with van der Waals surface area (Å²) in [7, 11) is 0. The van der Waals surface area contributed by atoms with Gasteiger partial charge < -0.3 is 9.94 Å². The van der Waals surface area contributed by atoms with Crippen molar-refractivity contribution >= 4 is 5.69 Å². The van der Waals surface area contributed by atoms with Crippen LogP contribution in [-0.4, -0.2) is 17.7 Å². The van der Waals surface area contributed by atoms with Crippen molar-refractivity contribution in [3.05, 3.63) is 35.5 Å². The summed E-state index contributed by atoms with van der Waals surface area (Å²) in [5.41, 5.74) is 0.544. The molecule has 0 aromatic heterocycles. The van der Waals surface area contributed by atoms with Crippen LogP contribution in [0.15, 0.2) is 35.4 Å². The zero-order valence-corrected chi connectivity index (χ0v) is 7.80. The number of azo groups is 1. The zero-order valence-electron chi connectivity index (χ0n) is 7.80. The molecule has 1 atom stereocenters. The first-order chi connectivity index (χ1) is 6.86. The molecular formula is C10H12N2O2. The average molecular weight is 192 g/mol. The van der Waals surface area contributed by atoms with Gasteiger partial charge in [-0.25, -0.2) is 0 Å².